The van der Waals surface area contributed by atoms with Crippen LogP contribution >= 0.6 is 50.7 Å². The maximum absolute atomic E-state index is 12.2. The minimum atomic E-state index is -3.80. The Labute approximate surface area is 139 Å². The van der Waals surface area contributed by atoms with E-state index in [2.05, 4.69) is 25.6 Å². The predicted octanol–water partition coefficient (Wildman–Crippen LogP) is 4.61. The van der Waals surface area contributed by atoms with Crippen molar-refractivity contribution in [2.75, 3.05) is 4.72 Å². The molecule has 1 aromatic carbocycles. The first kappa shape index (κ1) is 15.9. The van der Waals surface area contributed by atoms with E-state index in [9.17, 15) is 8.42 Å². The summed E-state index contributed by atoms with van der Waals surface area (Å²) in [5.41, 5.74) is 0.354. The average Bonchev–Trinajstić information content (AvgIpc) is 2.37. The van der Waals surface area contributed by atoms with Gasteiger partial charge in [-0.25, -0.2) is 13.4 Å². The van der Waals surface area contributed by atoms with Crippen molar-refractivity contribution in [1.82, 2.24) is 4.98 Å². The number of nitrogens with zero attached hydrogens (tertiary/aromatic N) is 1. The van der Waals surface area contributed by atoms with Crippen LogP contribution in [-0.2, 0) is 10.0 Å². The Morgan fingerprint density at radius 2 is 1.80 bits per heavy atom. The van der Waals surface area contributed by atoms with Gasteiger partial charge in [-0.3, -0.25) is 4.72 Å². The lowest BCUT2D eigenvalue weighted by Crippen LogP contribution is -2.13. The van der Waals surface area contributed by atoms with Crippen LogP contribution in [-0.4, -0.2) is 13.4 Å². The third-order valence-corrected chi connectivity index (χ3v) is 5.50. The second-order valence-corrected chi connectivity index (χ2v) is 7.39. The molecule has 1 N–H and O–H groups in total. The zero-order chi connectivity index (χ0) is 14.9. The summed E-state index contributed by atoms with van der Waals surface area (Å²) in [6, 6.07) is 5.88. The van der Waals surface area contributed by atoms with Gasteiger partial charge in [0.2, 0.25) is 0 Å². The van der Waals surface area contributed by atoms with Gasteiger partial charge >= 0.3 is 0 Å². The van der Waals surface area contributed by atoms with Crippen LogP contribution in [0.2, 0.25) is 15.2 Å². The Morgan fingerprint density at radius 1 is 1.10 bits per heavy atom. The van der Waals surface area contributed by atoms with Crippen molar-refractivity contribution in [3.8, 4) is 0 Å². The molecular formula is C11H6BrCl3N2O2S. The fourth-order valence-electron chi connectivity index (χ4n) is 1.32. The van der Waals surface area contributed by atoms with E-state index in [1.807, 2.05) is 0 Å². The topological polar surface area (TPSA) is 59.1 Å². The molecule has 9 heteroatoms. The Bertz CT molecular complexity index is 768. The monoisotopic (exact) mass is 414 g/mol. The van der Waals surface area contributed by atoms with Gasteiger partial charge in [-0.1, -0.05) is 34.8 Å². The summed E-state index contributed by atoms with van der Waals surface area (Å²) in [6.45, 7) is 0. The lowest BCUT2D eigenvalue weighted by atomic mass is 10.3. The molecule has 0 amide bonds. The van der Waals surface area contributed by atoms with Crippen LogP contribution in [0.4, 0.5) is 5.69 Å². The highest BCUT2D eigenvalue weighted by Crippen LogP contribution is 2.28. The van der Waals surface area contributed by atoms with Crippen LogP contribution in [0.5, 0.6) is 0 Å². The lowest BCUT2D eigenvalue weighted by Gasteiger charge is -2.09. The smallest absolute Gasteiger partial charge is 0.263 e. The Balaban J connectivity index is 2.35. The molecule has 0 aliphatic carbocycles. The highest BCUT2D eigenvalue weighted by Gasteiger charge is 2.17. The number of sulfonamides is 1. The second-order valence-electron chi connectivity index (χ2n) is 3.68. The zero-order valence-electron chi connectivity index (χ0n) is 9.57. The van der Waals surface area contributed by atoms with Gasteiger partial charge in [0.15, 0.2) is 0 Å². The van der Waals surface area contributed by atoms with Gasteiger partial charge in [-0.2, -0.15) is 0 Å². The molecule has 0 atom stereocenters. The van der Waals surface area contributed by atoms with E-state index >= 15 is 0 Å². The quantitative estimate of drug-likeness (QED) is 0.744. The molecule has 0 bridgehead atoms. The van der Waals surface area contributed by atoms with Crippen LogP contribution < -0.4 is 4.72 Å². The van der Waals surface area contributed by atoms with Gasteiger partial charge in [0, 0.05) is 10.7 Å². The van der Waals surface area contributed by atoms with Gasteiger partial charge < -0.3 is 0 Å². The Morgan fingerprint density at radius 3 is 2.40 bits per heavy atom. The van der Waals surface area contributed by atoms with Crippen molar-refractivity contribution in [3.05, 3.63) is 50.1 Å². The largest absolute Gasteiger partial charge is 0.280 e. The highest BCUT2D eigenvalue weighted by atomic mass is 79.9. The molecule has 0 unspecified atom stereocenters. The number of aromatic nitrogens is 1. The Kier molecular flexibility index (Phi) is 4.81. The maximum Gasteiger partial charge on any atom is 0.263 e. The first-order valence-corrected chi connectivity index (χ1v) is 8.49. The molecule has 0 saturated carbocycles. The molecule has 4 nitrogen and oxygen atoms in total. The lowest BCUT2D eigenvalue weighted by molar-refractivity contribution is 0.601. The van der Waals surface area contributed by atoms with Crippen molar-refractivity contribution in [2.45, 2.75) is 4.90 Å². The van der Waals surface area contributed by atoms with E-state index in [4.69, 9.17) is 34.8 Å². The van der Waals surface area contributed by atoms with Crippen LogP contribution in [0.15, 0.2) is 39.8 Å². The third kappa shape index (κ3) is 3.56. The van der Waals surface area contributed by atoms with Crippen LogP contribution in [0.3, 0.4) is 0 Å². The molecule has 0 aliphatic heterocycles. The molecule has 0 spiro atoms. The number of pyridine rings is 1. The van der Waals surface area contributed by atoms with Gasteiger partial charge in [0.05, 0.1) is 15.7 Å². The average molecular weight is 417 g/mol. The molecular weight excluding hydrogens is 410 g/mol. The number of halogens is 4. The summed E-state index contributed by atoms with van der Waals surface area (Å²) in [7, 11) is -3.80. The van der Waals surface area contributed by atoms with E-state index in [1.54, 1.807) is 12.1 Å². The molecule has 20 heavy (non-hydrogen) atoms. The molecule has 2 aromatic rings. The zero-order valence-corrected chi connectivity index (χ0v) is 14.2. The summed E-state index contributed by atoms with van der Waals surface area (Å²) < 4.78 is 27.3. The number of anilines is 1. The summed E-state index contributed by atoms with van der Waals surface area (Å²) >= 11 is 20.5. The summed E-state index contributed by atoms with van der Waals surface area (Å²) in [5, 5.41) is 0.579. The van der Waals surface area contributed by atoms with Crippen LogP contribution in [0, 0.1) is 0 Å². The molecule has 0 aliphatic rings. The van der Waals surface area contributed by atoms with Crippen molar-refractivity contribution in [2.24, 2.45) is 0 Å². The number of hydrogen-bond acceptors (Lipinski definition) is 3. The number of benzene rings is 1. The molecule has 1 heterocycles. The second kappa shape index (κ2) is 6.07. The van der Waals surface area contributed by atoms with E-state index in [-0.39, 0.29) is 15.1 Å². The first-order valence-electron chi connectivity index (χ1n) is 5.08. The van der Waals surface area contributed by atoms with E-state index < -0.39 is 10.0 Å². The third-order valence-electron chi connectivity index (χ3n) is 2.25. The van der Waals surface area contributed by atoms with Crippen LogP contribution in [0.25, 0.3) is 0 Å². The first-order chi connectivity index (χ1) is 9.29. The number of hydrogen-bond donors (Lipinski definition) is 1. The molecule has 0 radical (unpaired) electrons. The van der Waals surface area contributed by atoms with Gasteiger partial charge in [0.25, 0.3) is 10.0 Å². The van der Waals surface area contributed by atoms with E-state index in [0.717, 1.165) is 6.20 Å². The van der Waals surface area contributed by atoms with Crippen LogP contribution in [0.1, 0.15) is 0 Å². The van der Waals surface area contributed by atoms with Gasteiger partial charge in [-0.05, 0) is 40.2 Å². The van der Waals surface area contributed by atoms with Crippen molar-refractivity contribution in [1.29, 1.82) is 0 Å². The van der Waals surface area contributed by atoms with Gasteiger partial charge in [-0.15, -0.1) is 0 Å². The van der Waals surface area contributed by atoms with E-state index in [0.29, 0.717) is 15.2 Å². The van der Waals surface area contributed by atoms with Crippen molar-refractivity contribution >= 4 is 66.4 Å². The molecule has 1 aromatic heterocycles. The highest BCUT2D eigenvalue weighted by molar-refractivity contribution is 9.10. The Hall–Kier alpha value is -0.530. The minimum Gasteiger partial charge on any atom is -0.280 e. The minimum absolute atomic E-state index is 0.0415. The number of rotatable bonds is 3. The summed E-state index contributed by atoms with van der Waals surface area (Å²) in [6.07, 6.45) is 1.13. The fraction of sp³-hybridized carbons (Fsp3) is 0. The number of nitrogens with one attached hydrogen (secondary N) is 1. The van der Waals surface area contributed by atoms with Crippen molar-refractivity contribution in [3.63, 3.8) is 0 Å². The maximum atomic E-state index is 12.2. The van der Waals surface area contributed by atoms with Gasteiger partial charge in [0.1, 0.15) is 10.0 Å². The summed E-state index contributed by atoms with van der Waals surface area (Å²) in [4.78, 5) is 3.62. The summed E-state index contributed by atoms with van der Waals surface area (Å²) in [5.74, 6) is 0. The van der Waals surface area contributed by atoms with E-state index in [1.165, 1.54) is 12.1 Å². The predicted molar refractivity (Wildman–Crippen MR) is 84.2 cm³/mol. The molecule has 2 rings (SSSR count). The fourth-order valence-corrected chi connectivity index (χ4v) is 3.17. The van der Waals surface area contributed by atoms with Crippen molar-refractivity contribution < 1.29 is 8.42 Å². The normalized spacial score (nSPS) is 11.4. The molecule has 106 valence electrons. The molecule has 0 saturated heterocycles. The standard InChI is InChI=1S/C11H6BrCl3N2O2S/c12-8-3-6(1-2-9(8)13)17-20(18,19)7-4-10(14)11(15)16-5-7/h1-5,17H. The molecule has 0 fully saturated rings. The SMILES string of the molecule is O=S(=O)(Nc1ccc(Cl)c(Br)c1)c1cnc(Cl)c(Cl)c1.